The van der Waals surface area contributed by atoms with Crippen molar-refractivity contribution < 1.29 is 14.6 Å². The number of ether oxygens (including phenoxy) is 1. The van der Waals surface area contributed by atoms with Crippen molar-refractivity contribution in [1.82, 2.24) is 5.32 Å². The lowest BCUT2D eigenvalue weighted by Crippen LogP contribution is -2.24. The van der Waals surface area contributed by atoms with E-state index >= 15 is 0 Å². The number of amides is 1. The summed E-state index contributed by atoms with van der Waals surface area (Å²) >= 11 is 0. The lowest BCUT2D eigenvalue weighted by atomic mass is 10.2. The molecule has 0 fully saturated rings. The molecule has 1 amide bonds. The van der Waals surface area contributed by atoms with E-state index in [1.807, 2.05) is 12.1 Å². The zero-order valence-electron chi connectivity index (χ0n) is 11.7. The van der Waals surface area contributed by atoms with Gasteiger partial charge in [0.05, 0.1) is 6.61 Å². The Morgan fingerprint density at radius 1 is 1.37 bits per heavy atom. The van der Waals surface area contributed by atoms with Crippen molar-refractivity contribution in [3.63, 3.8) is 0 Å². The van der Waals surface area contributed by atoms with Gasteiger partial charge >= 0.3 is 0 Å². The van der Waals surface area contributed by atoms with E-state index in [0.29, 0.717) is 31.1 Å². The molecule has 4 nitrogen and oxygen atoms in total. The molecule has 4 heteroatoms. The minimum atomic E-state index is -0.104. The van der Waals surface area contributed by atoms with Crippen LogP contribution in [-0.2, 0) is 0 Å². The van der Waals surface area contributed by atoms with E-state index in [9.17, 15) is 4.79 Å². The van der Waals surface area contributed by atoms with Gasteiger partial charge in [0.15, 0.2) is 0 Å². The third kappa shape index (κ3) is 6.25. The van der Waals surface area contributed by atoms with Gasteiger partial charge in [0.1, 0.15) is 5.75 Å². The molecular formula is C15H23NO3. The third-order valence-corrected chi connectivity index (χ3v) is 2.55. The average molecular weight is 265 g/mol. The van der Waals surface area contributed by atoms with E-state index < -0.39 is 0 Å². The monoisotopic (exact) mass is 265 g/mol. The van der Waals surface area contributed by atoms with Crippen molar-refractivity contribution >= 4 is 5.91 Å². The summed E-state index contributed by atoms with van der Waals surface area (Å²) in [4.78, 5) is 11.9. The van der Waals surface area contributed by atoms with Gasteiger partial charge in [-0.25, -0.2) is 0 Å². The maximum absolute atomic E-state index is 11.9. The number of aliphatic hydroxyl groups is 1. The topological polar surface area (TPSA) is 58.6 Å². The minimum absolute atomic E-state index is 0.104. The van der Waals surface area contributed by atoms with Crippen LogP contribution in [0.2, 0.25) is 0 Å². The van der Waals surface area contributed by atoms with Crippen molar-refractivity contribution in [2.75, 3.05) is 19.8 Å². The zero-order chi connectivity index (χ0) is 14.1. The van der Waals surface area contributed by atoms with Crippen LogP contribution >= 0.6 is 0 Å². The molecule has 0 heterocycles. The second-order valence-electron chi connectivity index (χ2n) is 4.92. The summed E-state index contributed by atoms with van der Waals surface area (Å²) in [5.41, 5.74) is 0.602. The summed E-state index contributed by atoms with van der Waals surface area (Å²) < 4.78 is 5.59. The van der Waals surface area contributed by atoms with Crippen LogP contribution in [0.3, 0.4) is 0 Å². The van der Waals surface area contributed by atoms with Crippen LogP contribution in [0.4, 0.5) is 0 Å². The molecule has 0 bridgehead atoms. The highest BCUT2D eigenvalue weighted by atomic mass is 16.5. The predicted molar refractivity (Wildman–Crippen MR) is 75.4 cm³/mol. The first-order valence-corrected chi connectivity index (χ1v) is 6.75. The first-order chi connectivity index (χ1) is 9.13. The Bertz CT molecular complexity index is 391. The first kappa shape index (κ1) is 15.5. The van der Waals surface area contributed by atoms with E-state index in [0.717, 1.165) is 12.2 Å². The Morgan fingerprint density at radius 2 is 2.16 bits per heavy atom. The smallest absolute Gasteiger partial charge is 0.251 e. The largest absolute Gasteiger partial charge is 0.493 e. The van der Waals surface area contributed by atoms with E-state index in [-0.39, 0.29) is 12.5 Å². The summed E-state index contributed by atoms with van der Waals surface area (Å²) in [6, 6.07) is 7.19. The third-order valence-electron chi connectivity index (χ3n) is 2.55. The van der Waals surface area contributed by atoms with E-state index in [1.165, 1.54) is 0 Å². The van der Waals surface area contributed by atoms with Gasteiger partial charge in [-0.15, -0.1) is 0 Å². The van der Waals surface area contributed by atoms with Crippen molar-refractivity contribution in [2.24, 2.45) is 5.92 Å². The summed E-state index contributed by atoms with van der Waals surface area (Å²) in [5.74, 6) is 1.07. The molecule has 19 heavy (non-hydrogen) atoms. The van der Waals surface area contributed by atoms with Crippen LogP contribution in [-0.4, -0.2) is 30.8 Å². The van der Waals surface area contributed by atoms with Crippen LogP contribution in [0, 0.1) is 5.92 Å². The SMILES string of the molecule is CC(C)COc1cccc(C(=O)NCCCCO)c1. The fourth-order valence-electron chi connectivity index (χ4n) is 1.53. The molecule has 0 aromatic heterocycles. The Morgan fingerprint density at radius 3 is 2.84 bits per heavy atom. The number of aliphatic hydroxyl groups excluding tert-OH is 1. The molecule has 0 aliphatic rings. The minimum Gasteiger partial charge on any atom is -0.493 e. The molecule has 1 aromatic carbocycles. The Hall–Kier alpha value is -1.55. The Kier molecular flexibility index (Phi) is 6.97. The van der Waals surface area contributed by atoms with Crippen molar-refractivity contribution in [3.05, 3.63) is 29.8 Å². The summed E-state index contributed by atoms with van der Waals surface area (Å²) in [7, 11) is 0. The highest BCUT2D eigenvalue weighted by molar-refractivity contribution is 5.94. The van der Waals surface area contributed by atoms with E-state index in [1.54, 1.807) is 12.1 Å². The van der Waals surface area contributed by atoms with Gasteiger partial charge in [0.25, 0.3) is 5.91 Å². The van der Waals surface area contributed by atoms with Crippen molar-refractivity contribution in [1.29, 1.82) is 0 Å². The van der Waals surface area contributed by atoms with E-state index in [2.05, 4.69) is 19.2 Å². The fraction of sp³-hybridized carbons (Fsp3) is 0.533. The predicted octanol–water partition coefficient (Wildman–Crippen LogP) is 2.22. The Balaban J connectivity index is 2.48. The molecule has 106 valence electrons. The molecule has 0 radical (unpaired) electrons. The van der Waals surface area contributed by atoms with Crippen LogP contribution in [0.25, 0.3) is 0 Å². The highest BCUT2D eigenvalue weighted by Gasteiger charge is 2.06. The summed E-state index contributed by atoms with van der Waals surface area (Å²) in [6.07, 6.45) is 1.49. The molecule has 0 spiro atoms. The van der Waals surface area contributed by atoms with Crippen LogP contribution < -0.4 is 10.1 Å². The second-order valence-corrected chi connectivity index (χ2v) is 4.92. The van der Waals surface area contributed by atoms with E-state index in [4.69, 9.17) is 9.84 Å². The second kappa shape index (κ2) is 8.53. The zero-order valence-corrected chi connectivity index (χ0v) is 11.7. The summed E-state index contributed by atoms with van der Waals surface area (Å²) in [5, 5.41) is 11.5. The number of carbonyl (C=O) groups excluding carboxylic acids is 1. The number of nitrogens with one attached hydrogen (secondary N) is 1. The quantitative estimate of drug-likeness (QED) is 0.709. The first-order valence-electron chi connectivity index (χ1n) is 6.75. The highest BCUT2D eigenvalue weighted by Crippen LogP contribution is 2.14. The van der Waals surface area contributed by atoms with Gasteiger partial charge in [0.2, 0.25) is 0 Å². The molecule has 0 saturated carbocycles. The van der Waals surface area contributed by atoms with Crippen LogP contribution in [0.1, 0.15) is 37.0 Å². The van der Waals surface area contributed by atoms with Gasteiger partial charge in [-0.2, -0.15) is 0 Å². The van der Waals surface area contributed by atoms with Gasteiger partial charge in [-0.05, 0) is 37.0 Å². The average Bonchev–Trinajstić information content (AvgIpc) is 2.41. The molecule has 2 N–H and O–H groups in total. The van der Waals surface area contributed by atoms with Crippen LogP contribution in [0.15, 0.2) is 24.3 Å². The molecule has 0 saturated heterocycles. The number of hydrogen-bond donors (Lipinski definition) is 2. The van der Waals surface area contributed by atoms with Gasteiger partial charge in [0, 0.05) is 18.7 Å². The molecule has 0 aliphatic heterocycles. The number of rotatable bonds is 8. The maximum atomic E-state index is 11.9. The molecule has 0 aliphatic carbocycles. The standard InChI is InChI=1S/C15H23NO3/c1-12(2)11-19-14-7-5-6-13(10-14)15(18)16-8-3-4-9-17/h5-7,10,12,17H,3-4,8-9,11H2,1-2H3,(H,16,18). The summed E-state index contributed by atoms with van der Waals surface area (Å²) in [6.45, 7) is 5.54. The van der Waals surface area contributed by atoms with Gasteiger partial charge in [-0.3, -0.25) is 4.79 Å². The lowest BCUT2D eigenvalue weighted by molar-refractivity contribution is 0.0951. The number of hydrogen-bond acceptors (Lipinski definition) is 3. The van der Waals surface area contributed by atoms with Crippen molar-refractivity contribution in [3.8, 4) is 5.75 Å². The number of unbranched alkanes of at least 4 members (excludes halogenated alkanes) is 1. The lowest BCUT2D eigenvalue weighted by Gasteiger charge is -2.10. The number of benzene rings is 1. The van der Waals surface area contributed by atoms with Crippen LogP contribution in [0.5, 0.6) is 5.75 Å². The molecule has 1 aromatic rings. The molecule has 0 unspecified atom stereocenters. The molecular weight excluding hydrogens is 242 g/mol. The number of carbonyl (C=O) groups is 1. The molecule has 1 rings (SSSR count). The molecule has 0 atom stereocenters. The normalized spacial score (nSPS) is 10.5. The van der Waals surface area contributed by atoms with Gasteiger partial charge < -0.3 is 15.2 Å². The van der Waals surface area contributed by atoms with Crippen molar-refractivity contribution in [2.45, 2.75) is 26.7 Å². The Labute approximate surface area is 114 Å². The maximum Gasteiger partial charge on any atom is 0.251 e. The fourth-order valence-corrected chi connectivity index (χ4v) is 1.53. The van der Waals surface area contributed by atoms with Gasteiger partial charge in [-0.1, -0.05) is 19.9 Å².